The molecule has 1 amide bonds. The van der Waals surface area contributed by atoms with Crippen LogP contribution in [0.2, 0.25) is 0 Å². The topological polar surface area (TPSA) is 83.6 Å². The van der Waals surface area contributed by atoms with Crippen LogP contribution in [0, 0.1) is 12.0 Å². The van der Waals surface area contributed by atoms with Gasteiger partial charge in [-0.3, -0.25) is 4.79 Å². The zero-order chi connectivity index (χ0) is 11.4. The van der Waals surface area contributed by atoms with Gasteiger partial charge in [0.1, 0.15) is 11.9 Å². The van der Waals surface area contributed by atoms with Gasteiger partial charge in [-0.1, -0.05) is 5.92 Å². The summed E-state index contributed by atoms with van der Waals surface area (Å²) in [6.45, 7) is 0. The first kappa shape index (κ1) is 11.7. The smallest absolute Gasteiger partial charge is 0.326 e. The van der Waals surface area contributed by atoms with Crippen molar-refractivity contribution in [2.75, 3.05) is 5.88 Å². The first-order valence-electron chi connectivity index (χ1n) is 4.43. The maximum atomic E-state index is 11.4. The van der Waals surface area contributed by atoms with E-state index < -0.39 is 24.0 Å². The van der Waals surface area contributed by atoms with Crippen LogP contribution in [0.5, 0.6) is 0 Å². The van der Waals surface area contributed by atoms with Crippen molar-refractivity contribution in [2.45, 2.75) is 24.9 Å². The van der Waals surface area contributed by atoms with Crippen LogP contribution < -0.4 is 5.73 Å². The molecule has 0 aromatic carbocycles. The molecule has 1 saturated heterocycles. The van der Waals surface area contributed by atoms with E-state index >= 15 is 0 Å². The molecule has 2 unspecified atom stereocenters. The molecule has 15 heavy (non-hydrogen) atoms. The number of hydrogen-bond donors (Lipinski definition) is 2. The molecule has 0 aromatic heterocycles. The minimum absolute atomic E-state index is 0.244. The summed E-state index contributed by atoms with van der Waals surface area (Å²) in [5.74, 6) is 0.907. The van der Waals surface area contributed by atoms with Gasteiger partial charge in [0.15, 0.2) is 0 Å². The highest BCUT2D eigenvalue weighted by molar-refractivity contribution is 6.27. The number of halogens is 1. The molecule has 1 aliphatic heterocycles. The fraction of sp³-hybridized carbons (Fsp3) is 0.556. The third-order valence-electron chi connectivity index (χ3n) is 2.32. The normalized spacial score (nSPS) is 24.5. The Hall–Kier alpha value is -1.41. The Kier molecular flexibility index (Phi) is 3.81. The third-order valence-corrected chi connectivity index (χ3v) is 2.55. The van der Waals surface area contributed by atoms with E-state index in [9.17, 15) is 9.59 Å². The maximum Gasteiger partial charge on any atom is 0.326 e. The SMILES string of the molecule is NC#CC1CCC(C(=O)O)N1C(=O)CCl. The van der Waals surface area contributed by atoms with Crippen molar-refractivity contribution >= 4 is 23.5 Å². The Labute approximate surface area is 92.2 Å². The Morgan fingerprint density at radius 2 is 2.20 bits per heavy atom. The predicted octanol–water partition coefficient (Wildman–Crippen LogP) is -0.411. The molecule has 2 atom stereocenters. The molecule has 1 aliphatic rings. The van der Waals surface area contributed by atoms with Crippen LogP contribution in [0.4, 0.5) is 0 Å². The summed E-state index contributed by atoms with van der Waals surface area (Å²) in [6, 6.07) is 0.938. The molecule has 0 aliphatic carbocycles. The van der Waals surface area contributed by atoms with E-state index in [1.54, 1.807) is 0 Å². The van der Waals surface area contributed by atoms with Gasteiger partial charge in [-0.25, -0.2) is 4.79 Å². The van der Waals surface area contributed by atoms with Crippen molar-refractivity contribution in [1.29, 1.82) is 0 Å². The number of nitrogens with zero attached hydrogens (tertiary/aromatic N) is 1. The van der Waals surface area contributed by atoms with Crippen molar-refractivity contribution in [2.24, 2.45) is 5.73 Å². The minimum Gasteiger partial charge on any atom is -0.480 e. The molecule has 0 saturated carbocycles. The number of carbonyl (C=O) groups excluding carboxylic acids is 1. The zero-order valence-electron chi connectivity index (χ0n) is 7.94. The highest BCUT2D eigenvalue weighted by atomic mass is 35.5. The van der Waals surface area contributed by atoms with Gasteiger partial charge in [0.05, 0.1) is 6.04 Å². The number of nitrogens with two attached hydrogens (primary N) is 1. The summed E-state index contributed by atoms with van der Waals surface area (Å²) < 4.78 is 0. The van der Waals surface area contributed by atoms with Crippen LogP contribution in [0.1, 0.15) is 12.8 Å². The Balaban J connectivity index is 2.90. The standard InChI is InChI=1S/C9H11ClN2O3/c10-5-8(13)12-6(3-4-11)1-2-7(12)9(14)15/h6-7H,1-2,5,11H2,(H,14,15). The number of hydrogen-bond acceptors (Lipinski definition) is 3. The van der Waals surface area contributed by atoms with Crippen LogP contribution in [-0.2, 0) is 9.59 Å². The summed E-state index contributed by atoms with van der Waals surface area (Å²) in [6.07, 6.45) is 0.904. The van der Waals surface area contributed by atoms with Crippen molar-refractivity contribution in [3.8, 4) is 12.0 Å². The summed E-state index contributed by atoms with van der Waals surface area (Å²) in [7, 11) is 0. The average molecular weight is 231 g/mol. The fourth-order valence-corrected chi connectivity index (χ4v) is 1.85. The van der Waals surface area contributed by atoms with E-state index in [0.29, 0.717) is 12.8 Å². The number of likely N-dealkylation sites (tertiary alicyclic amines) is 1. The van der Waals surface area contributed by atoms with Crippen LogP contribution in [-0.4, -0.2) is 39.8 Å². The molecule has 1 fully saturated rings. The molecule has 5 nitrogen and oxygen atoms in total. The molecule has 6 heteroatoms. The van der Waals surface area contributed by atoms with E-state index in [4.69, 9.17) is 22.4 Å². The maximum absolute atomic E-state index is 11.4. The highest BCUT2D eigenvalue weighted by Gasteiger charge is 2.39. The lowest BCUT2D eigenvalue weighted by Gasteiger charge is -2.24. The second-order valence-corrected chi connectivity index (χ2v) is 3.44. The second-order valence-electron chi connectivity index (χ2n) is 3.17. The number of carboxylic acid groups (broad SMARTS) is 1. The molecule has 0 bridgehead atoms. The molecule has 1 rings (SSSR count). The molecule has 1 heterocycles. The Bertz CT molecular complexity index is 334. The molecule has 0 aromatic rings. The second kappa shape index (κ2) is 4.89. The van der Waals surface area contributed by atoms with Gasteiger partial charge in [0, 0.05) is 6.04 Å². The number of rotatable bonds is 2. The quantitative estimate of drug-likeness (QED) is 0.384. The summed E-state index contributed by atoms with van der Waals surface area (Å²) in [4.78, 5) is 23.5. The number of alkyl halides is 1. The molecule has 0 radical (unpaired) electrons. The molecular formula is C9H11ClN2O3. The first-order valence-corrected chi connectivity index (χ1v) is 4.96. The lowest BCUT2D eigenvalue weighted by atomic mass is 10.2. The molecule has 3 N–H and O–H groups in total. The van der Waals surface area contributed by atoms with Gasteiger partial charge < -0.3 is 15.7 Å². The van der Waals surface area contributed by atoms with Gasteiger partial charge in [-0.2, -0.15) is 0 Å². The summed E-state index contributed by atoms with van der Waals surface area (Å²) in [5.41, 5.74) is 5.05. The van der Waals surface area contributed by atoms with Crippen molar-refractivity contribution in [3.05, 3.63) is 0 Å². The summed E-state index contributed by atoms with van der Waals surface area (Å²) >= 11 is 5.40. The van der Waals surface area contributed by atoms with Crippen LogP contribution in [0.15, 0.2) is 0 Å². The van der Waals surface area contributed by atoms with Crippen molar-refractivity contribution < 1.29 is 14.7 Å². The average Bonchev–Trinajstić information content (AvgIpc) is 2.61. The lowest BCUT2D eigenvalue weighted by Crippen LogP contribution is -2.45. The van der Waals surface area contributed by atoms with Gasteiger partial charge in [0.2, 0.25) is 5.91 Å². The molecule has 82 valence electrons. The zero-order valence-corrected chi connectivity index (χ0v) is 8.70. The van der Waals surface area contributed by atoms with E-state index in [1.165, 1.54) is 4.90 Å². The van der Waals surface area contributed by atoms with Crippen LogP contribution in [0.25, 0.3) is 0 Å². The predicted molar refractivity (Wildman–Crippen MR) is 54.0 cm³/mol. The Morgan fingerprint density at radius 3 is 2.67 bits per heavy atom. The minimum atomic E-state index is -1.03. The largest absolute Gasteiger partial charge is 0.480 e. The van der Waals surface area contributed by atoms with Crippen LogP contribution in [0.3, 0.4) is 0 Å². The van der Waals surface area contributed by atoms with Gasteiger partial charge in [-0.05, 0) is 12.8 Å². The van der Waals surface area contributed by atoms with E-state index in [-0.39, 0.29) is 5.88 Å². The van der Waals surface area contributed by atoms with E-state index in [1.807, 2.05) is 0 Å². The van der Waals surface area contributed by atoms with Gasteiger partial charge in [-0.15, -0.1) is 11.6 Å². The fourth-order valence-electron chi connectivity index (χ4n) is 1.71. The third kappa shape index (κ3) is 2.34. The number of amides is 1. The lowest BCUT2D eigenvalue weighted by molar-refractivity contribution is -0.148. The number of carbonyl (C=O) groups is 2. The van der Waals surface area contributed by atoms with E-state index in [2.05, 4.69) is 12.0 Å². The Morgan fingerprint density at radius 1 is 1.53 bits per heavy atom. The van der Waals surface area contributed by atoms with Crippen LogP contribution >= 0.6 is 11.6 Å². The molecular weight excluding hydrogens is 220 g/mol. The summed E-state index contributed by atoms with van der Waals surface area (Å²) in [5, 5.41) is 8.90. The highest BCUT2D eigenvalue weighted by Crippen LogP contribution is 2.24. The number of aliphatic carboxylic acids is 1. The number of carboxylic acids is 1. The van der Waals surface area contributed by atoms with Crippen molar-refractivity contribution in [1.82, 2.24) is 4.90 Å². The van der Waals surface area contributed by atoms with Gasteiger partial charge >= 0.3 is 5.97 Å². The van der Waals surface area contributed by atoms with Crippen molar-refractivity contribution in [3.63, 3.8) is 0 Å². The first-order chi connectivity index (χ1) is 7.11. The van der Waals surface area contributed by atoms with E-state index in [0.717, 1.165) is 0 Å². The van der Waals surface area contributed by atoms with Gasteiger partial charge in [0.25, 0.3) is 0 Å². The molecule has 0 spiro atoms. The monoisotopic (exact) mass is 230 g/mol.